The predicted molar refractivity (Wildman–Crippen MR) is 97.2 cm³/mol. The van der Waals surface area contributed by atoms with Crippen LogP contribution in [0.4, 0.5) is 0 Å². The summed E-state index contributed by atoms with van der Waals surface area (Å²) < 4.78 is 23.4. The molecule has 1 aliphatic heterocycles. The zero-order valence-corrected chi connectivity index (χ0v) is 15.7. The molecule has 24 heavy (non-hydrogen) atoms. The highest BCUT2D eigenvalue weighted by molar-refractivity contribution is 7.92. The van der Waals surface area contributed by atoms with E-state index in [9.17, 15) is 13.5 Å². The van der Waals surface area contributed by atoms with Gasteiger partial charge in [-0.25, -0.2) is 8.42 Å². The summed E-state index contributed by atoms with van der Waals surface area (Å²) in [6.07, 6.45) is -0.708. The molecule has 1 atom stereocenters. The van der Waals surface area contributed by atoms with Crippen molar-refractivity contribution in [1.29, 1.82) is 0 Å². The standard InChI is InChI=1S/C16H24ClN3O3S/c1-16(2)11-20(8-9-24(16,22)23)15(18-3)19-10-14(21)12-4-6-13(17)7-5-12/h4-7,14,21H,8-11H2,1-3H3,(H,18,19). The summed E-state index contributed by atoms with van der Waals surface area (Å²) in [5.41, 5.74) is 0.754. The quantitative estimate of drug-likeness (QED) is 0.619. The Morgan fingerprint density at radius 1 is 1.42 bits per heavy atom. The minimum Gasteiger partial charge on any atom is -0.387 e. The Hall–Kier alpha value is -1.31. The first-order valence-corrected chi connectivity index (χ1v) is 9.81. The third-order valence-electron chi connectivity index (χ3n) is 4.26. The first-order chi connectivity index (χ1) is 11.2. The van der Waals surface area contributed by atoms with Gasteiger partial charge in [0.05, 0.1) is 16.6 Å². The lowest BCUT2D eigenvalue weighted by molar-refractivity contribution is 0.179. The Morgan fingerprint density at radius 3 is 2.58 bits per heavy atom. The van der Waals surface area contributed by atoms with Crippen LogP contribution in [-0.2, 0) is 9.84 Å². The molecule has 1 aromatic carbocycles. The molecule has 0 bridgehead atoms. The number of aliphatic hydroxyl groups excluding tert-OH is 1. The van der Waals surface area contributed by atoms with Gasteiger partial charge >= 0.3 is 0 Å². The highest BCUT2D eigenvalue weighted by Gasteiger charge is 2.40. The third kappa shape index (κ3) is 4.20. The maximum Gasteiger partial charge on any atom is 0.193 e. The largest absolute Gasteiger partial charge is 0.387 e. The first kappa shape index (κ1) is 19.0. The van der Waals surface area contributed by atoms with Gasteiger partial charge < -0.3 is 15.3 Å². The van der Waals surface area contributed by atoms with Crippen LogP contribution in [0.3, 0.4) is 0 Å². The second-order valence-electron chi connectivity index (χ2n) is 6.50. The van der Waals surface area contributed by atoms with Crippen molar-refractivity contribution in [2.24, 2.45) is 4.99 Å². The molecule has 2 rings (SSSR count). The minimum absolute atomic E-state index is 0.0977. The molecule has 1 aromatic rings. The van der Waals surface area contributed by atoms with E-state index in [0.29, 0.717) is 24.1 Å². The number of benzene rings is 1. The molecular weight excluding hydrogens is 350 g/mol. The molecule has 0 aliphatic carbocycles. The highest BCUT2D eigenvalue weighted by atomic mass is 35.5. The lowest BCUT2D eigenvalue weighted by atomic mass is 10.1. The van der Waals surface area contributed by atoms with Crippen LogP contribution in [0.15, 0.2) is 29.3 Å². The van der Waals surface area contributed by atoms with Gasteiger partial charge in [0, 0.05) is 31.7 Å². The van der Waals surface area contributed by atoms with E-state index in [1.807, 2.05) is 4.90 Å². The second-order valence-corrected chi connectivity index (χ2v) is 9.67. The average molecular weight is 374 g/mol. The molecule has 0 saturated carbocycles. The van der Waals surface area contributed by atoms with E-state index in [0.717, 1.165) is 5.56 Å². The molecule has 1 aliphatic rings. The fraction of sp³-hybridized carbons (Fsp3) is 0.562. The first-order valence-electron chi connectivity index (χ1n) is 7.78. The van der Waals surface area contributed by atoms with E-state index in [1.165, 1.54) is 0 Å². The number of sulfone groups is 1. The van der Waals surface area contributed by atoms with Gasteiger partial charge in [-0.1, -0.05) is 23.7 Å². The van der Waals surface area contributed by atoms with E-state index < -0.39 is 20.7 Å². The van der Waals surface area contributed by atoms with Crippen LogP contribution in [0.2, 0.25) is 5.02 Å². The van der Waals surface area contributed by atoms with Gasteiger partial charge in [0.15, 0.2) is 15.8 Å². The third-order valence-corrected chi connectivity index (χ3v) is 7.05. The summed E-state index contributed by atoms with van der Waals surface area (Å²) in [6, 6.07) is 7.00. The van der Waals surface area contributed by atoms with Gasteiger partial charge in [-0.15, -0.1) is 0 Å². The average Bonchev–Trinajstić information content (AvgIpc) is 2.51. The molecule has 0 aromatic heterocycles. The van der Waals surface area contributed by atoms with Crippen molar-refractivity contribution >= 4 is 27.4 Å². The lowest BCUT2D eigenvalue weighted by Gasteiger charge is -2.39. The number of aliphatic imine (C=N–C) groups is 1. The van der Waals surface area contributed by atoms with Crippen molar-refractivity contribution in [2.45, 2.75) is 24.7 Å². The Kier molecular flexibility index (Phi) is 5.78. The van der Waals surface area contributed by atoms with Crippen LogP contribution in [0.1, 0.15) is 25.5 Å². The van der Waals surface area contributed by atoms with Crippen molar-refractivity contribution in [3.8, 4) is 0 Å². The molecule has 1 heterocycles. The Bertz CT molecular complexity index is 702. The van der Waals surface area contributed by atoms with Gasteiger partial charge in [0.1, 0.15) is 0 Å². The van der Waals surface area contributed by atoms with Crippen LogP contribution in [0, 0.1) is 0 Å². The number of hydrogen-bond donors (Lipinski definition) is 2. The molecule has 0 amide bonds. The van der Waals surface area contributed by atoms with Gasteiger partial charge in [-0.05, 0) is 31.5 Å². The normalized spacial score (nSPS) is 21.4. The van der Waals surface area contributed by atoms with Gasteiger partial charge in [-0.3, -0.25) is 4.99 Å². The SMILES string of the molecule is CN=C(NCC(O)c1ccc(Cl)cc1)N1CCS(=O)(=O)C(C)(C)C1. The number of hydrogen-bond acceptors (Lipinski definition) is 4. The molecule has 0 radical (unpaired) electrons. The fourth-order valence-electron chi connectivity index (χ4n) is 2.65. The zero-order valence-electron chi connectivity index (χ0n) is 14.2. The minimum atomic E-state index is -3.10. The van der Waals surface area contributed by atoms with Crippen LogP contribution < -0.4 is 5.32 Å². The number of guanidine groups is 1. The number of aliphatic hydroxyl groups is 1. The summed E-state index contributed by atoms with van der Waals surface area (Å²) in [5, 5.41) is 14.0. The molecule has 134 valence electrons. The predicted octanol–water partition coefficient (Wildman–Crippen LogP) is 1.46. The number of nitrogens with zero attached hydrogens (tertiary/aromatic N) is 2. The Labute approximate surface area is 148 Å². The van der Waals surface area contributed by atoms with E-state index in [2.05, 4.69) is 10.3 Å². The second kappa shape index (κ2) is 7.29. The van der Waals surface area contributed by atoms with E-state index in [-0.39, 0.29) is 12.3 Å². The summed E-state index contributed by atoms with van der Waals surface area (Å²) in [4.78, 5) is 6.12. The Balaban J connectivity index is 1.99. The zero-order chi connectivity index (χ0) is 18.0. The van der Waals surface area contributed by atoms with Gasteiger partial charge in [0.2, 0.25) is 0 Å². The van der Waals surface area contributed by atoms with Crippen LogP contribution in [0.25, 0.3) is 0 Å². The molecule has 0 spiro atoms. The smallest absolute Gasteiger partial charge is 0.193 e. The maximum absolute atomic E-state index is 12.1. The molecule has 2 N–H and O–H groups in total. The summed E-state index contributed by atoms with van der Waals surface area (Å²) in [7, 11) is -1.45. The molecule has 1 unspecified atom stereocenters. The van der Waals surface area contributed by atoms with Gasteiger partial charge in [0.25, 0.3) is 0 Å². The summed E-state index contributed by atoms with van der Waals surface area (Å²) in [5.74, 6) is 0.687. The van der Waals surface area contributed by atoms with E-state index in [1.54, 1.807) is 45.2 Å². The van der Waals surface area contributed by atoms with Crippen LogP contribution in [-0.4, -0.2) is 61.6 Å². The summed E-state index contributed by atoms with van der Waals surface area (Å²) >= 11 is 5.85. The molecular formula is C16H24ClN3O3S. The monoisotopic (exact) mass is 373 g/mol. The maximum atomic E-state index is 12.1. The number of halogens is 1. The van der Waals surface area contributed by atoms with Gasteiger partial charge in [-0.2, -0.15) is 0 Å². The Morgan fingerprint density at radius 2 is 2.04 bits per heavy atom. The van der Waals surface area contributed by atoms with E-state index >= 15 is 0 Å². The van der Waals surface area contributed by atoms with Crippen LogP contribution >= 0.6 is 11.6 Å². The molecule has 1 fully saturated rings. The number of nitrogens with one attached hydrogen (secondary N) is 1. The topological polar surface area (TPSA) is 82.0 Å². The van der Waals surface area contributed by atoms with Crippen molar-refractivity contribution in [2.75, 3.05) is 32.4 Å². The van der Waals surface area contributed by atoms with Crippen LogP contribution in [0.5, 0.6) is 0 Å². The van der Waals surface area contributed by atoms with Crippen molar-refractivity contribution in [1.82, 2.24) is 10.2 Å². The lowest BCUT2D eigenvalue weighted by Crippen LogP contribution is -2.57. The van der Waals surface area contributed by atoms with Crippen molar-refractivity contribution in [3.05, 3.63) is 34.9 Å². The van der Waals surface area contributed by atoms with E-state index in [4.69, 9.17) is 11.6 Å². The molecule has 1 saturated heterocycles. The summed E-state index contributed by atoms with van der Waals surface area (Å²) in [6.45, 7) is 4.49. The van der Waals surface area contributed by atoms with Crippen molar-refractivity contribution < 1.29 is 13.5 Å². The fourth-order valence-corrected chi connectivity index (χ4v) is 4.14. The number of rotatable bonds is 3. The molecule has 6 nitrogen and oxygen atoms in total. The highest BCUT2D eigenvalue weighted by Crippen LogP contribution is 2.24. The molecule has 8 heteroatoms. The van der Waals surface area contributed by atoms with Crippen molar-refractivity contribution in [3.63, 3.8) is 0 Å².